The molecule has 1 aliphatic rings. The molecule has 3 nitrogen and oxygen atoms in total. The minimum Gasteiger partial charge on any atom is -0.347 e. The molecule has 2 atom stereocenters. The zero-order valence-corrected chi connectivity index (χ0v) is 14.5. The summed E-state index contributed by atoms with van der Waals surface area (Å²) in [6.45, 7) is 3.92. The maximum Gasteiger partial charge on any atom is 0.223 e. The van der Waals surface area contributed by atoms with Crippen molar-refractivity contribution in [1.82, 2.24) is 5.32 Å². The summed E-state index contributed by atoms with van der Waals surface area (Å²) in [7, 11) is 0. The monoisotopic (exact) mass is 350 g/mol. The van der Waals surface area contributed by atoms with Gasteiger partial charge in [-0.1, -0.05) is 29.3 Å². The fraction of sp³-hybridized carbons (Fsp3) is 0.533. The average Bonchev–Trinajstić information content (AvgIpc) is 2.79. The number of hydrogen-bond donors (Lipinski definition) is 2. The van der Waals surface area contributed by atoms with Crippen LogP contribution in [0.1, 0.15) is 38.7 Å². The van der Waals surface area contributed by atoms with Gasteiger partial charge in [-0.2, -0.15) is 0 Å². The molecule has 0 aliphatic heterocycles. The van der Waals surface area contributed by atoms with Gasteiger partial charge in [0, 0.05) is 12.0 Å². The van der Waals surface area contributed by atoms with Crippen molar-refractivity contribution in [2.24, 2.45) is 11.7 Å². The van der Waals surface area contributed by atoms with E-state index in [-0.39, 0.29) is 30.3 Å². The van der Waals surface area contributed by atoms with Crippen LogP contribution in [0.25, 0.3) is 0 Å². The first kappa shape index (κ1) is 18.6. The third-order valence-corrected chi connectivity index (χ3v) is 4.66. The zero-order valence-electron chi connectivity index (χ0n) is 12.2. The Morgan fingerprint density at radius 1 is 1.29 bits per heavy atom. The van der Waals surface area contributed by atoms with E-state index in [1.54, 1.807) is 12.1 Å². The van der Waals surface area contributed by atoms with Crippen LogP contribution >= 0.6 is 35.6 Å². The van der Waals surface area contributed by atoms with E-state index < -0.39 is 5.54 Å². The molecule has 0 heterocycles. The van der Waals surface area contributed by atoms with Crippen LogP contribution in [0.4, 0.5) is 0 Å². The van der Waals surface area contributed by atoms with Gasteiger partial charge in [0.2, 0.25) is 5.91 Å². The lowest BCUT2D eigenvalue weighted by atomic mass is 9.93. The molecule has 1 amide bonds. The summed E-state index contributed by atoms with van der Waals surface area (Å²) in [4.78, 5) is 12.3. The molecule has 0 saturated heterocycles. The van der Waals surface area contributed by atoms with Gasteiger partial charge in [-0.05, 0) is 50.8 Å². The Kier molecular flexibility index (Phi) is 6.36. The van der Waals surface area contributed by atoms with Crippen LogP contribution in [0.3, 0.4) is 0 Å². The quantitative estimate of drug-likeness (QED) is 0.868. The zero-order chi connectivity index (χ0) is 14.9. The summed E-state index contributed by atoms with van der Waals surface area (Å²) >= 11 is 12.0. The fourth-order valence-corrected chi connectivity index (χ4v) is 2.92. The molecule has 21 heavy (non-hydrogen) atoms. The van der Waals surface area contributed by atoms with Crippen LogP contribution < -0.4 is 11.1 Å². The molecule has 0 aromatic heterocycles. The van der Waals surface area contributed by atoms with Crippen LogP contribution in [-0.4, -0.2) is 11.9 Å². The predicted octanol–water partition coefficient (Wildman–Crippen LogP) is 3.89. The molecule has 1 aliphatic carbocycles. The Bertz CT molecular complexity index is 520. The first-order valence-corrected chi connectivity index (χ1v) is 7.58. The average molecular weight is 352 g/mol. The number of carbonyl (C=O) groups is 1. The minimum atomic E-state index is -0.488. The van der Waals surface area contributed by atoms with E-state index in [2.05, 4.69) is 5.32 Å². The molecule has 0 bridgehead atoms. The van der Waals surface area contributed by atoms with Crippen molar-refractivity contribution < 1.29 is 4.79 Å². The summed E-state index contributed by atoms with van der Waals surface area (Å²) in [5, 5.41) is 4.09. The highest BCUT2D eigenvalue weighted by Gasteiger charge is 2.31. The third-order valence-electron chi connectivity index (χ3n) is 3.92. The van der Waals surface area contributed by atoms with Gasteiger partial charge in [0.15, 0.2) is 0 Å². The number of benzene rings is 1. The van der Waals surface area contributed by atoms with Gasteiger partial charge in [0.25, 0.3) is 0 Å². The second kappa shape index (κ2) is 7.19. The molecular weight excluding hydrogens is 331 g/mol. The van der Waals surface area contributed by atoms with Gasteiger partial charge in [0.1, 0.15) is 0 Å². The van der Waals surface area contributed by atoms with E-state index in [4.69, 9.17) is 28.9 Å². The molecule has 2 unspecified atom stereocenters. The standard InChI is InChI=1S/C15H20Cl2N2O.ClH/c1-15(2,10-4-6-12(16)13(17)8-10)19-14(20)9-3-5-11(18)7-9;/h4,6,8-9,11H,3,5,7,18H2,1-2H3,(H,19,20);1H. The van der Waals surface area contributed by atoms with Crippen LogP contribution in [0.5, 0.6) is 0 Å². The largest absolute Gasteiger partial charge is 0.347 e. The summed E-state index contributed by atoms with van der Waals surface area (Å²) in [5.74, 6) is 0.0843. The van der Waals surface area contributed by atoms with Gasteiger partial charge < -0.3 is 11.1 Å². The van der Waals surface area contributed by atoms with Crippen molar-refractivity contribution in [2.45, 2.75) is 44.7 Å². The first-order valence-electron chi connectivity index (χ1n) is 6.83. The summed E-state index contributed by atoms with van der Waals surface area (Å²) < 4.78 is 0. The highest BCUT2D eigenvalue weighted by atomic mass is 35.5. The molecule has 3 N–H and O–H groups in total. The van der Waals surface area contributed by atoms with Crippen LogP contribution in [0.2, 0.25) is 10.0 Å². The van der Waals surface area contributed by atoms with Crippen LogP contribution in [0.15, 0.2) is 18.2 Å². The van der Waals surface area contributed by atoms with Crippen molar-refractivity contribution in [3.05, 3.63) is 33.8 Å². The second-order valence-corrected chi connectivity index (χ2v) is 6.83. The first-order chi connectivity index (χ1) is 9.29. The molecule has 2 rings (SSSR count). The minimum absolute atomic E-state index is 0. The molecule has 1 aromatic rings. The maximum atomic E-state index is 12.3. The van der Waals surface area contributed by atoms with Crippen LogP contribution in [0, 0.1) is 5.92 Å². The van der Waals surface area contributed by atoms with Crippen LogP contribution in [-0.2, 0) is 10.3 Å². The van der Waals surface area contributed by atoms with Crippen molar-refractivity contribution in [1.29, 1.82) is 0 Å². The topological polar surface area (TPSA) is 55.1 Å². The van der Waals surface area contributed by atoms with E-state index in [9.17, 15) is 4.79 Å². The molecule has 6 heteroatoms. The Hall–Kier alpha value is -0.480. The van der Waals surface area contributed by atoms with Gasteiger partial charge in [-0.3, -0.25) is 4.79 Å². The molecule has 1 aromatic carbocycles. The van der Waals surface area contributed by atoms with E-state index in [1.165, 1.54) is 0 Å². The molecule has 1 fully saturated rings. The Morgan fingerprint density at radius 2 is 1.95 bits per heavy atom. The van der Waals surface area contributed by atoms with Crippen molar-refractivity contribution in [2.75, 3.05) is 0 Å². The fourth-order valence-electron chi connectivity index (χ4n) is 2.62. The normalized spacial score (nSPS) is 21.8. The maximum absolute atomic E-state index is 12.3. The summed E-state index contributed by atoms with van der Waals surface area (Å²) in [6.07, 6.45) is 2.55. The van der Waals surface area contributed by atoms with Crippen molar-refractivity contribution in [3.8, 4) is 0 Å². The number of nitrogens with two attached hydrogens (primary N) is 1. The van der Waals surface area contributed by atoms with Crippen molar-refractivity contribution in [3.63, 3.8) is 0 Å². The Balaban J connectivity index is 0.00000220. The Morgan fingerprint density at radius 3 is 2.48 bits per heavy atom. The number of amides is 1. The molecule has 1 saturated carbocycles. The van der Waals surface area contributed by atoms with Crippen molar-refractivity contribution >= 4 is 41.5 Å². The molecule has 118 valence electrons. The molecule has 0 radical (unpaired) electrons. The molecular formula is C15H21Cl3N2O. The van der Waals surface area contributed by atoms with E-state index in [0.29, 0.717) is 10.0 Å². The summed E-state index contributed by atoms with van der Waals surface area (Å²) in [6, 6.07) is 5.58. The Labute approximate surface area is 142 Å². The SMILES string of the molecule is CC(C)(NC(=O)C1CCC(N)C1)c1ccc(Cl)c(Cl)c1.Cl. The number of carbonyl (C=O) groups excluding carboxylic acids is 1. The lowest BCUT2D eigenvalue weighted by Gasteiger charge is -2.29. The van der Waals surface area contributed by atoms with Gasteiger partial charge in [-0.15, -0.1) is 12.4 Å². The highest BCUT2D eigenvalue weighted by Crippen LogP contribution is 2.30. The second-order valence-electron chi connectivity index (χ2n) is 6.01. The third kappa shape index (κ3) is 4.49. The number of nitrogens with one attached hydrogen (secondary N) is 1. The lowest BCUT2D eigenvalue weighted by molar-refractivity contribution is -0.126. The van der Waals surface area contributed by atoms with Gasteiger partial charge in [0.05, 0.1) is 15.6 Å². The van der Waals surface area contributed by atoms with Gasteiger partial charge in [-0.25, -0.2) is 0 Å². The van der Waals surface area contributed by atoms with E-state index >= 15 is 0 Å². The predicted molar refractivity (Wildman–Crippen MR) is 90.2 cm³/mol. The van der Waals surface area contributed by atoms with E-state index in [0.717, 1.165) is 24.8 Å². The summed E-state index contributed by atoms with van der Waals surface area (Å²) in [5.41, 5.74) is 6.31. The smallest absolute Gasteiger partial charge is 0.223 e. The molecule has 0 spiro atoms. The lowest BCUT2D eigenvalue weighted by Crippen LogP contribution is -2.43. The van der Waals surface area contributed by atoms with Gasteiger partial charge >= 0.3 is 0 Å². The number of hydrogen-bond acceptors (Lipinski definition) is 2. The van der Waals surface area contributed by atoms with E-state index in [1.807, 2.05) is 19.9 Å². The number of rotatable bonds is 3. The number of halogens is 3. The highest BCUT2D eigenvalue weighted by molar-refractivity contribution is 6.42.